The second-order valence-electron chi connectivity index (χ2n) is 11.0. The Bertz CT molecular complexity index is 1850. The first-order valence-corrected chi connectivity index (χ1v) is 16.0. The molecular formula is C31H32Cl2FN7O2S. The van der Waals surface area contributed by atoms with Gasteiger partial charge >= 0.3 is 5.69 Å². The summed E-state index contributed by atoms with van der Waals surface area (Å²) in [5.41, 5.74) is 7.86. The molecule has 0 aliphatic carbocycles. The Hall–Kier alpha value is -3.67. The van der Waals surface area contributed by atoms with Gasteiger partial charge in [0.15, 0.2) is 11.5 Å². The van der Waals surface area contributed by atoms with Crippen LogP contribution in [0.25, 0.3) is 28.0 Å². The lowest BCUT2D eigenvalue weighted by Gasteiger charge is -2.40. The number of amides is 1. The van der Waals surface area contributed by atoms with Crippen LogP contribution >= 0.6 is 35.0 Å². The van der Waals surface area contributed by atoms with Gasteiger partial charge in [-0.3, -0.25) is 9.78 Å². The highest BCUT2D eigenvalue weighted by Crippen LogP contribution is 2.41. The van der Waals surface area contributed by atoms with E-state index in [9.17, 15) is 9.59 Å². The van der Waals surface area contributed by atoms with Crippen molar-refractivity contribution in [2.45, 2.75) is 44.6 Å². The molecule has 1 aliphatic heterocycles. The van der Waals surface area contributed by atoms with Crippen LogP contribution in [0.4, 0.5) is 15.9 Å². The molecule has 230 valence electrons. The van der Waals surface area contributed by atoms with Gasteiger partial charge in [-0.2, -0.15) is 4.98 Å². The zero-order chi connectivity index (χ0) is 32.0. The van der Waals surface area contributed by atoms with Gasteiger partial charge in [0.2, 0.25) is 5.91 Å². The molecular weight excluding hydrogens is 624 g/mol. The highest BCUT2D eigenvalue weighted by Gasteiger charge is 2.31. The van der Waals surface area contributed by atoms with Crippen LogP contribution in [0.1, 0.15) is 37.9 Å². The van der Waals surface area contributed by atoms with Crippen molar-refractivity contribution in [3.05, 3.63) is 74.7 Å². The normalized spacial score (nSPS) is 15.3. The van der Waals surface area contributed by atoms with Crippen LogP contribution in [-0.2, 0) is 4.79 Å². The van der Waals surface area contributed by atoms with E-state index in [1.807, 2.05) is 38.0 Å². The number of anilines is 2. The summed E-state index contributed by atoms with van der Waals surface area (Å²) in [6, 6.07) is 4.69. The van der Waals surface area contributed by atoms with Crippen molar-refractivity contribution in [3.63, 3.8) is 0 Å². The van der Waals surface area contributed by atoms with Gasteiger partial charge in [-0.05, 0) is 55.9 Å². The van der Waals surface area contributed by atoms with Gasteiger partial charge in [0.1, 0.15) is 5.82 Å². The summed E-state index contributed by atoms with van der Waals surface area (Å²) in [6.45, 7) is 12.4. The lowest BCUT2D eigenvalue weighted by molar-refractivity contribution is -0.126. The molecule has 0 bridgehead atoms. The molecule has 4 aromatic rings. The van der Waals surface area contributed by atoms with Crippen LogP contribution < -0.4 is 16.3 Å². The number of rotatable bonds is 6. The van der Waals surface area contributed by atoms with Crippen molar-refractivity contribution in [3.8, 4) is 16.9 Å². The van der Waals surface area contributed by atoms with Crippen LogP contribution in [0.5, 0.6) is 0 Å². The van der Waals surface area contributed by atoms with E-state index in [1.54, 1.807) is 24.1 Å². The molecule has 44 heavy (non-hydrogen) atoms. The van der Waals surface area contributed by atoms with Crippen LogP contribution in [0, 0.1) is 12.7 Å². The summed E-state index contributed by atoms with van der Waals surface area (Å²) in [5.74, 6) is -0.628. The SMILES string of the molecule is C=CC(=O)N1CCN(c2nc(=O)n(-c3c(SC)ccnc3C(C)C)c3nc(-c4c(N)c(C)cc(Cl)c4F)c(Cl)cc23)[C@@H](C)C1. The van der Waals surface area contributed by atoms with Gasteiger partial charge in [-0.15, -0.1) is 11.8 Å². The Kier molecular flexibility index (Phi) is 8.93. The van der Waals surface area contributed by atoms with E-state index in [0.717, 1.165) is 4.90 Å². The van der Waals surface area contributed by atoms with Gasteiger partial charge in [-0.25, -0.2) is 18.7 Å². The van der Waals surface area contributed by atoms with E-state index >= 15 is 4.39 Å². The third-order valence-corrected chi connectivity index (χ3v) is 9.13. The molecule has 0 radical (unpaired) electrons. The minimum atomic E-state index is -0.766. The molecule has 1 saturated heterocycles. The van der Waals surface area contributed by atoms with Gasteiger partial charge in [0, 0.05) is 42.5 Å². The highest BCUT2D eigenvalue weighted by molar-refractivity contribution is 7.98. The molecule has 2 N–H and O–H groups in total. The maximum atomic E-state index is 15.6. The van der Waals surface area contributed by atoms with Gasteiger partial charge in [-0.1, -0.05) is 43.6 Å². The highest BCUT2D eigenvalue weighted by atomic mass is 35.5. The number of pyridine rings is 2. The number of thioether (sulfide) groups is 1. The topological polar surface area (TPSA) is 110 Å². The number of hydrogen-bond donors (Lipinski definition) is 1. The third kappa shape index (κ3) is 5.41. The van der Waals surface area contributed by atoms with E-state index in [1.165, 1.54) is 28.5 Å². The van der Waals surface area contributed by atoms with Gasteiger partial charge in [0.25, 0.3) is 0 Å². The molecule has 0 unspecified atom stereocenters. The maximum Gasteiger partial charge on any atom is 0.355 e. The quantitative estimate of drug-likeness (QED) is 0.147. The Morgan fingerprint density at radius 3 is 2.59 bits per heavy atom. The summed E-state index contributed by atoms with van der Waals surface area (Å²) >= 11 is 14.5. The number of hydrogen-bond acceptors (Lipinski definition) is 8. The molecule has 3 aromatic heterocycles. The molecule has 4 heterocycles. The van der Waals surface area contributed by atoms with Crippen molar-refractivity contribution in [2.24, 2.45) is 0 Å². The number of aryl methyl sites for hydroxylation is 1. The molecule has 0 saturated carbocycles. The fraction of sp³-hybridized carbons (Fsp3) is 0.323. The summed E-state index contributed by atoms with van der Waals surface area (Å²) < 4.78 is 17.0. The van der Waals surface area contributed by atoms with Crippen molar-refractivity contribution in [2.75, 3.05) is 36.5 Å². The largest absolute Gasteiger partial charge is 0.398 e. The van der Waals surface area contributed by atoms with Gasteiger partial charge in [0.05, 0.1) is 38.1 Å². The Balaban J connectivity index is 1.88. The van der Waals surface area contributed by atoms with Crippen molar-refractivity contribution < 1.29 is 9.18 Å². The lowest BCUT2D eigenvalue weighted by atomic mass is 10.0. The summed E-state index contributed by atoms with van der Waals surface area (Å²) in [7, 11) is 0. The molecule has 5 rings (SSSR count). The fourth-order valence-electron chi connectivity index (χ4n) is 5.56. The van der Waals surface area contributed by atoms with Crippen LogP contribution in [-0.4, -0.2) is 62.3 Å². The van der Waals surface area contributed by atoms with E-state index < -0.39 is 11.5 Å². The van der Waals surface area contributed by atoms with E-state index in [0.29, 0.717) is 47.8 Å². The van der Waals surface area contributed by atoms with E-state index in [4.69, 9.17) is 33.9 Å². The predicted octanol–water partition coefficient (Wildman–Crippen LogP) is 6.25. The average molecular weight is 657 g/mol. The van der Waals surface area contributed by atoms with Crippen LogP contribution in [0.3, 0.4) is 0 Å². The summed E-state index contributed by atoms with van der Waals surface area (Å²) in [6.07, 6.45) is 4.89. The first kappa shape index (κ1) is 31.7. The number of aromatic nitrogens is 4. The molecule has 13 heteroatoms. The zero-order valence-corrected chi connectivity index (χ0v) is 27.3. The average Bonchev–Trinajstić information content (AvgIpc) is 2.99. The van der Waals surface area contributed by atoms with Crippen LogP contribution in [0.2, 0.25) is 10.0 Å². The van der Waals surface area contributed by atoms with E-state index in [-0.39, 0.29) is 50.5 Å². The number of fused-ring (bicyclic) bond motifs is 1. The number of carbonyl (C=O) groups is 1. The molecule has 1 fully saturated rings. The van der Waals surface area contributed by atoms with Crippen molar-refractivity contribution in [1.82, 2.24) is 24.4 Å². The minimum absolute atomic E-state index is 0.0419. The lowest BCUT2D eigenvalue weighted by Crippen LogP contribution is -2.54. The second-order valence-corrected chi connectivity index (χ2v) is 12.6. The Morgan fingerprint density at radius 1 is 1.23 bits per heavy atom. The second kappa shape index (κ2) is 12.4. The minimum Gasteiger partial charge on any atom is -0.398 e. The molecule has 9 nitrogen and oxygen atoms in total. The number of nitrogen functional groups attached to an aromatic ring is 1. The van der Waals surface area contributed by atoms with Gasteiger partial charge < -0.3 is 15.5 Å². The van der Waals surface area contributed by atoms with Crippen LogP contribution in [0.15, 0.2) is 46.7 Å². The predicted molar refractivity (Wildman–Crippen MR) is 177 cm³/mol. The number of nitrogens with zero attached hydrogens (tertiary/aromatic N) is 6. The fourth-order valence-corrected chi connectivity index (χ4v) is 6.65. The third-order valence-electron chi connectivity index (χ3n) is 7.80. The molecule has 1 amide bonds. The maximum absolute atomic E-state index is 15.6. The van der Waals surface area contributed by atoms with Crippen molar-refractivity contribution >= 4 is 63.4 Å². The first-order chi connectivity index (χ1) is 20.9. The summed E-state index contributed by atoms with van der Waals surface area (Å²) in [4.78, 5) is 45.0. The van der Waals surface area contributed by atoms with Crippen molar-refractivity contribution in [1.29, 1.82) is 0 Å². The van der Waals surface area contributed by atoms with E-state index in [2.05, 4.69) is 16.5 Å². The Labute approximate surface area is 268 Å². The first-order valence-electron chi connectivity index (χ1n) is 14.0. The number of benzene rings is 1. The molecule has 1 aromatic carbocycles. The number of nitrogens with two attached hydrogens (primary N) is 1. The molecule has 0 spiro atoms. The molecule has 1 atom stereocenters. The Morgan fingerprint density at radius 2 is 1.95 bits per heavy atom. The zero-order valence-electron chi connectivity index (χ0n) is 25.0. The number of piperazine rings is 1. The summed E-state index contributed by atoms with van der Waals surface area (Å²) in [5, 5.41) is 0.445. The smallest absolute Gasteiger partial charge is 0.355 e. The molecule has 1 aliphatic rings. The number of carbonyl (C=O) groups excluding carboxylic acids is 1. The monoisotopic (exact) mass is 655 g/mol. The number of halogens is 3. The standard InChI is InChI=1S/C31H32Cl2FN7O2S/c1-7-22(42)39-10-11-40(17(5)14-39)29-18-13-20(33)27(23-24(34)19(32)12-16(4)25(23)35)37-30(18)41(31(43)38-29)28-21(44-6)8-9-36-26(28)15(2)3/h7-9,12-13,15,17H,1,10-11,14,35H2,2-6H3/t17-/m0/s1.